The van der Waals surface area contributed by atoms with Gasteiger partial charge in [0, 0.05) is 44.6 Å². The third-order valence-corrected chi connectivity index (χ3v) is 4.84. The summed E-state index contributed by atoms with van der Waals surface area (Å²) in [6, 6.07) is 5.66. The maximum Gasteiger partial charge on any atom is 0.321 e. The van der Waals surface area contributed by atoms with Crippen LogP contribution in [0.4, 0.5) is 10.5 Å². The van der Waals surface area contributed by atoms with Crippen molar-refractivity contribution < 1.29 is 9.53 Å². The van der Waals surface area contributed by atoms with Crippen LogP contribution in [-0.4, -0.2) is 40.7 Å². The molecule has 1 aromatic heterocycles. The van der Waals surface area contributed by atoms with Crippen molar-refractivity contribution in [3.05, 3.63) is 42.0 Å². The highest BCUT2D eigenvalue weighted by molar-refractivity contribution is 5.89. The van der Waals surface area contributed by atoms with Gasteiger partial charge in [0.05, 0.1) is 7.11 Å². The Morgan fingerprint density at radius 3 is 2.96 bits per heavy atom. The Hall–Kier alpha value is -2.50. The number of anilines is 1. The Labute approximate surface area is 148 Å². The number of carbonyl (C=O) groups is 1. The summed E-state index contributed by atoms with van der Waals surface area (Å²) in [5.74, 6) is 2.36. The van der Waals surface area contributed by atoms with Crippen LogP contribution in [-0.2, 0) is 13.5 Å². The second-order valence-corrected chi connectivity index (χ2v) is 6.73. The molecule has 2 aromatic rings. The first-order chi connectivity index (χ1) is 12.1. The SMILES string of the molecule is COc1ccc(NC(=O)N2CCC[C@@H](Cc3nccn3C)C2)cc1C. The lowest BCUT2D eigenvalue weighted by molar-refractivity contribution is 0.176. The van der Waals surface area contributed by atoms with Crippen LogP contribution < -0.4 is 10.1 Å². The minimum atomic E-state index is -0.0332. The van der Waals surface area contributed by atoms with Gasteiger partial charge in [-0.15, -0.1) is 0 Å². The molecule has 1 aliphatic heterocycles. The molecule has 2 heterocycles. The number of imidazole rings is 1. The normalized spacial score (nSPS) is 17.4. The molecule has 25 heavy (non-hydrogen) atoms. The highest BCUT2D eigenvalue weighted by Gasteiger charge is 2.24. The molecule has 1 saturated heterocycles. The number of ether oxygens (including phenoxy) is 1. The van der Waals surface area contributed by atoms with E-state index in [1.165, 1.54) is 0 Å². The first-order valence-electron chi connectivity index (χ1n) is 8.73. The zero-order valence-corrected chi connectivity index (χ0v) is 15.2. The predicted octanol–water partition coefficient (Wildman–Crippen LogP) is 3.22. The Morgan fingerprint density at radius 2 is 2.28 bits per heavy atom. The van der Waals surface area contributed by atoms with Gasteiger partial charge in [0.15, 0.2) is 0 Å². The van der Waals surface area contributed by atoms with Crippen LogP contribution in [0.25, 0.3) is 0 Å². The fourth-order valence-electron chi connectivity index (χ4n) is 3.43. The van der Waals surface area contributed by atoms with Crippen LogP contribution in [0.3, 0.4) is 0 Å². The zero-order valence-electron chi connectivity index (χ0n) is 15.2. The van der Waals surface area contributed by atoms with Crippen LogP contribution in [0.1, 0.15) is 24.2 Å². The number of methoxy groups -OCH3 is 1. The topological polar surface area (TPSA) is 59.4 Å². The maximum absolute atomic E-state index is 12.6. The molecule has 134 valence electrons. The van der Waals surface area contributed by atoms with E-state index in [1.54, 1.807) is 7.11 Å². The molecule has 0 radical (unpaired) electrons. The van der Waals surface area contributed by atoms with E-state index in [0.717, 1.165) is 55.2 Å². The average molecular weight is 342 g/mol. The van der Waals surface area contributed by atoms with Gasteiger partial charge in [-0.1, -0.05) is 0 Å². The number of benzene rings is 1. The number of aryl methyl sites for hydroxylation is 2. The molecule has 0 bridgehead atoms. The molecule has 1 aromatic carbocycles. The number of nitrogens with zero attached hydrogens (tertiary/aromatic N) is 3. The van der Waals surface area contributed by atoms with Gasteiger partial charge < -0.3 is 19.5 Å². The molecular weight excluding hydrogens is 316 g/mol. The fraction of sp³-hybridized carbons (Fsp3) is 0.474. The Kier molecular flexibility index (Phi) is 5.26. The van der Waals surface area contributed by atoms with E-state index in [4.69, 9.17) is 4.74 Å². The number of rotatable bonds is 4. The summed E-state index contributed by atoms with van der Waals surface area (Å²) in [6.45, 7) is 3.55. The molecule has 0 aliphatic carbocycles. The molecule has 1 atom stereocenters. The van der Waals surface area contributed by atoms with Gasteiger partial charge in [-0.3, -0.25) is 0 Å². The molecule has 2 amide bonds. The van der Waals surface area contributed by atoms with Crippen LogP contribution in [0, 0.1) is 12.8 Å². The second-order valence-electron chi connectivity index (χ2n) is 6.73. The fourth-order valence-corrected chi connectivity index (χ4v) is 3.43. The van der Waals surface area contributed by atoms with Crippen LogP contribution in [0.5, 0.6) is 5.75 Å². The average Bonchev–Trinajstić information content (AvgIpc) is 3.00. The molecule has 1 fully saturated rings. The smallest absolute Gasteiger partial charge is 0.321 e. The summed E-state index contributed by atoms with van der Waals surface area (Å²) < 4.78 is 7.32. The van der Waals surface area contributed by atoms with Gasteiger partial charge in [-0.05, 0) is 49.4 Å². The first-order valence-corrected chi connectivity index (χ1v) is 8.73. The highest BCUT2D eigenvalue weighted by atomic mass is 16.5. The van der Waals surface area contributed by atoms with E-state index in [9.17, 15) is 4.79 Å². The van der Waals surface area contributed by atoms with Crippen molar-refractivity contribution in [2.45, 2.75) is 26.2 Å². The maximum atomic E-state index is 12.6. The number of amides is 2. The number of carbonyl (C=O) groups excluding carboxylic acids is 1. The number of nitrogens with one attached hydrogen (secondary N) is 1. The zero-order chi connectivity index (χ0) is 17.8. The standard InChI is InChI=1S/C19H26N4O2/c1-14-11-16(6-7-17(14)25-3)21-19(24)23-9-4-5-15(13-23)12-18-20-8-10-22(18)2/h6-8,10-11,15H,4-5,9,12-13H2,1-3H3,(H,21,24)/t15-/m0/s1. The molecule has 0 unspecified atom stereocenters. The van der Waals surface area contributed by atoms with Crippen LogP contribution in [0.2, 0.25) is 0 Å². The van der Waals surface area contributed by atoms with E-state index in [1.807, 2.05) is 49.5 Å². The Morgan fingerprint density at radius 1 is 1.44 bits per heavy atom. The lowest BCUT2D eigenvalue weighted by Gasteiger charge is -2.32. The van der Waals surface area contributed by atoms with Gasteiger partial charge in [0.1, 0.15) is 11.6 Å². The number of piperidine rings is 1. The molecule has 0 saturated carbocycles. The summed E-state index contributed by atoms with van der Waals surface area (Å²) >= 11 is 0. The summed E-state index contributed by atoms with van der Waals surface area (Å²) in [4.78, 5) is 18.9. The first kappa shape index (κ1) is 17.3. The summed E-state index contributed by atoms with van der Waals surface area (Å²) in [5, 5.41) is 3.01. The van der Waals surface area contributed by atoms with Crippen molar-refractivity contribution >= 4 is 11.7 Å². The van der Waals surface area contributed by atoms with Crippen molar-refractivity contribution in [2.75, 3.05) is 25.5 Å². The predicted molar refractivity (Wildman–Crippen MR) is 98.0 cm³/mol. The van der Waals surface area contributed by atoms with Crippen LogP contribution >= 0.6 is 0 Å². The molecule has 1 aliphatic rings. The summed E-state index contributed by atoms with van der Waals surface area (Å²) in [7, 11) is 3.66. The van der Waals surface area contributed by atoms with Crippen molar-refractivity contribution in [1.82, 2.24) is 14.5 Å². The van der Waals surface area contributed by atoms with Crippen LogP contribution in [0.15, 0.2) is 30.6 Å². The van der Waals surface area contributed by atoms with Gasteiger partial charge in [0.2, 0.25) is 0 Å². The number of aromatic nitrogens is 2. The summed E-state index contributed by atoms with van der Waals surface area (Å²) in [5.41, 5.74) is 1.81. The largest absolute Gasteiger partial charge is 0.496 e. The lowest BCUT2D eigenvalue weighted by Crippen LogP contribution is -2.43. The molecular formula is C19H26N4O2. The van der Waals surface area contributed by atoms with Crippen molar-refractivity contribution in [2.24, 2.45) is 13.0 Å². The third-order valence-electron chi connectivity index (χ3n) is 4.84. The number of likely N-dealkylation sites (tertiary alicyclic amines) is 1. The van der Waals surface area contributed by atoms with Gasteiger partial charge in [-0.2, -0.15) is 0 Å². The number of hydrogen-bond donors (Lipinski definition) is 1. The van der Waals surface area contributed by atoms with Gasteiger partial charge >= 0.3 is 6.03 Å². The quantitative estimate of drug-likeness (QED) is 0.928. The third kappa shape index (κ3) is 4.13. The highest BCUT2D eigenvalue weighted by Crippen LogP contribution is 2.23. The minimum absolute atomic E-state index is 0.0332. The Balaban J connectivity index is 1.60. The molecule has 3 rings (SSSR count). The molecule has 6 heteroatoms. The van der Waals surface area contributed by atoms with Crippen molar-refractivity contribution in [3.8, 4) is 5.75 Å². The van der Waals surface area contributed by atoms with E-state index < -0.39 is 0 Å². The minimum Gasteiger partial charge on any atom is -0.496 e. The summed E-state index contributed by atoms with van der Waals surface area (Å²) in [6.07, 6.45) is 6.88. The Bertz CT molecular complexity index is 741. The molecule has 0 spiro atoms. The van der Waals surface area contributed by atoms with E-state index >= 15 is 0 Å². The second kappa shape index (κ2) is 7.59. The lowest BCUT2D eigenvalue weighted by atomic mass is 9.94. The number of hydrogen-bond acceptors (Lipinski definition) is 3. The number of urea groups is 1. The molecule has 6 nitrogen and oxygen atoms in total. The molecule has 1 N–H and O–H groups in total. The van der Waals surface area contributed by atoms with Gasteiger partial charge in [0.25, 0.3) is 0 Å². The van der Waals surface area contributed by atoms with E-state index in [-0.39, 0.29) is 6.03 Å². The van der Waals surface area contributed by atoms with Crippen molar-refractivity contribution in [3.63, 3.8) is 0 Å². The van der Waals surface area contributed by atoms with E-state index in [0.29, 0.717) is 5.92 Å². The van der Waals surface area contributed by atoms with Crippen molar-refractivity contribution in [1.29, 1.82) is 0 Å². The van der Waals surface area contributed by atoms with Gasteiger partial charge in [-0.25, -0.2) is 9.78 Å². The van der Waals surface area contributed by atoms with E-state index in [2.05, 4.69) is 14.9 Å². The monoisotopic (exact) mass is 342 g/mol.